The Hall–Kier alpha value is -1.59. The summed E-state index contributed by atoms with van der Waals surface area (Å²) in [5.41, 5.74) is 8.81. The largest absolute Gasteiger partial charge is 0.465 e. The topological polar surface area (TPSA) is 88.0 Å². The second kappa shape index (κ2) is 4.96. The Morgan fingerprint density at radius 3 is 3.22 bits per heavy atom. The van der Waals surface area contributed by atoms with E-state index in [4.69, 9.17) is 10.3 Å². The van der Waals surface area contributed by atoms with Gasteiger partial charge in [0.2, 0.25) is 0 Å². The number of fused-ring (bicyclic) bond motifs is 1. The highest BCUT2D eigenvalue weighted by atomic mass is 79.9. The van der Waals surface area contributed by atoms with Crippen LogP contribution in [0.2, 0.25) is 0 Å². The van der Waals surface area contributed by atoms with Crippen molar-refractivity contribution in [3.05, 3.63) is 38.4 Å². The SMILES string of the molecule is CCOC(=O)C1(N=[N+]=[N-])CCc2cc(Br)cnc21. The number of rotatable bonds is 3. The van der Waals surface area contributed by atoms with Crippen molar-refractivity contribution in [1.29, 1.82) is 0 Å². The minimum Gasteiger partial charge on any atom is -0.465 e. The van der Waals surface area contributed by atoms with Gasteiger partial charge in [-0.25, -0.2) is 0 Å². The highest BCUT2D eigenvalue weighted by Crippen LogP contribution is 2.40. The molecular formula is C11H11BrN4O2. The predicted octanol–water partition coefficient (Wildman–Crippen LogP) is 2.86. The Labute approximate surface area is 112 Å². The fraction of sp³-hybridized carbons (Fsp3) is 0.455. The molecule has 0 saturated heterocycles. The summed E-state index contributed by atoms with van der Waals surface area (Å²) < 4.78 is 5.85. The third-order valence-corrected chi connectivity index (χ3v) is 3.34. The van der Waals surface area contributed by atoms with Crippen LogP contribution >= 0.6 is 15.9 Å². The van der Waals surface area contributed by atoms with E-state index in [0.717, 1.165) is 10.0 Å². The van der Waals surface area contributed by atoms with E-state index in [1.54, 1.807) is 13.1 Å². The van der Waals surface area contributed by atoms with Crippen LogP contribution in [0.3, 0.4) is 0 Å². The summed E-state index contributed by atoms with van der Waals surface area (Å²) in [6.45, 7) is 1.96. The van der Waals surface area contributed by atoms with Crippen molar-refractivity contribution in [2.75, 3.05) is 6.61 Å². The van der Waals surface area contributed by atoms with Crippen molar-refractivity contribution in [2.24, 2.45) is 5.11 Å². The molecule has 1 aliphatic carbocycles. The van der Waals surface area contributed by atoms with Crippen LogP contribution < -0.4 is 0 Å². The molecule has 1 atom stereocenters. The van der Waals surface area contributed by atoms with Crippen LogP contribution in [0.4, 0.5) is 0 Å². The van der Waals surface area contributed by atoms with Gasteiger partial charge in [-0.3, -0.25) is 9.78 Å². The fourth-order valence-electron chi connectivity index (χ4n) is 2.14. The molecule has 2 rings (SSSR count). The molecule has 0 saturated carbocycles. The highest BCUT2D eigenvalue weighted by molar-refractivity contribution is 9.10. The van der Waals surface area contributed by atoms with Gasteiger partial charge in [0.05, 0.1) is 12.3 Å². The molecule has 7 heteroatoms. The number of hydrogen-bond acceptors (Lipinski definition) is 4. The first-order valence-corrected chi connectivity index (χ1v) is 6.31. The van der Waals surface area contributed by atoms with Crippen molar-refractivity contribution in [3.8, 4) is 0 Å². The first-order valence-electron chi connectivity index (χ1n) is 5.52. The minimum absolute atomic E-state index is 0.243. The van der Waals surface area contributed by atoms with Crippen LogP contribution in [0, 0.1) is 0 Å². The molecule has 1 aromatic heterocycles. The Morgan fingerprint density at radius 2 is 2.56 bits per heavy atom. The number of hydrogen-bond donors (Lipinski definition) is 0. The van der Waals surface area contributed by atoms with E-state index in [1.165, 1.54) is 0 Å². The Bertz CT molecular complexity index is 542. The highest BCUT2D eigenvalue weighted by Gasteiger charge is 2.47. The number of esters is 1. The zero-order chi connectivity index (χ0) is 13.2. The van der Waals surface area contributed by atoms with Gasteiger partial charge in [-0.1, -0.05) is 5.11 Å². The maximum Gasteiger partial charge on any atom is 0.324 e. The number of nitrogens with zero attached hydrogens (tertiary/aromatic N) is 4. The average molecular weight is 311 g/mol. The molecule has 1 unspecified atom stereocenters. The summed E-state index contributed by atoms with van der Waals surface area (Å²) in [6, 6.07) is 1.89. The molecule has 0 fully saturated rings. The van der Waals surface area contributed by atoms with E-state index in [1.807, 2.05) is 6.07 Å². The third-order valence-electron chi connectivity index (χ3n) is 2.91. The zero-order valence-electron chi connectivity index (χ0n) is 9.76. The second-order valence-electron chi connectivity index (χ2n) is 3.93. The van der Waals surface area contributed by atoms with Crippen LogP contribution in [0.25, 0.3) is 10.4 Å². The molecule has 0 aromatic carbocycles. The molecule has 0 radical (unpaired) electrons. The summed E-state index contributed by atoms with van der Waals surface area (Å²) >= 11 is 3.33. The molecule has 0 bridgehead atoms. The molecule has 6 nitrogen and oxygen atoms in total. The van der Waals surface area contributed by atoms with Gasteiger partial charge >= 0.3 is 5.97 Å². The lowest BCUT2D eigenvalue weighted by molar-refractivity contribution is -0.150. The number of carbonyl (C=O) groups excluding carboxylic acids is 1. The first kappa shape index (κ1) is 12.9. The van der Waals surface area contributed by atoms with E-state index in [2.05, 4.69) is 30.9 Å². The smallest absolute Gasteiger partial charge is 0.324 e. The lowest BCUT2D eigenvalue weighted by atomic mass is 9.98. The third kappa shape index (κ3) is 1.95. The van der Waals surface area contributed by atoms with Gasteiger partial charge in [0.1, 0.15) is 0 Å². The molecule has 0 N–H and O–H groups in total. The van der Waals surface area contributed by atoms with Gasteiger partial charge in [0.15, 0.2) is 5.54 Å². The van der Waals surface area contributed by atoms with E-state index in [0.29, 0.717) is 18.5 Å². The van der Waals surface area contributed by atoms with Gasteiger partial charge in [0, 0.05) is 15.6 Å². The Kier molecular flexibility index (Phi) is 3.54. The lowest BCUT2D eigenvalue weighted by Crippen LogP contribution is -2.33. The van der Waals surface area contributed by atoms with Gasteiger partial charge in [-0.05, 0) is 52.9 Å². The maximum absolute atomic E-state index is 12.1. The van der Waals surface area contributed by atoms with Crippen LogP contribution in [0.5, 0.6) is 0 Å². The van der Waals surface area contributed by atoms with E-state index in [9.17, 15) is 4.79 Å². The normalized spacial score (nSPS) is 21.0. The molecular weight excluding hydrogens is 300 g/mol. The van der Waals surface area contributed by atoms with Crippen molar-refractivity contribution >= 4 is 21.9 Å². The van der Waals surface area contributed by atoms with Gasteiger partial charge in [-0.15, -0.1) is 0 Å². The number of pyridine rings is 1. The van der Waals surface area contributed by atoms with Crippen LogP contribution in [-0.4, -0.2) is 17.6 Å². The fourth-order valence-corrected chi connectivity index (χ4v) is 2.52. The Morgan fingerprint density at radius 1 is 1.78 bits per heavy atom. The second-order valence-corrected chi connectivity index (χ2v) is 4.85. The zero-order valence-corrected chi connectivity index (χ0v) is 11.3. The predicted molar refractivity (Wildman–Crippen MR) is 67.7 cm³/mol. The summed E-state index contributed by atoms with van der Waals surface area (Å²) in [7, 11) is 0. The van der Waals surface area contributed by atoms with Crippen LogP contribution in [0.15, 0.2) is 21.9 Å². The number of ether oxygens (including phenoxy) is 1. The lowest BCUT2D eigenvalue weighted by Gasteiger charge is -2.20. The molecule has 1 heterocycles. The van der Waals surface area contributed by atoms with Crippen molar-refractivity contribution in [3.63, 3.8) is 0 Å². The van der Waals surface area contributed by atoms with Crippen LogP contribution in [0.1, 0.15) is 24.6 Å². The standard InChI is InChI=1S/C11H11BrN4O2/c1-2-18-10(17)11(15-16-13)4-3-7-5-8(12)6-14-9(7)11/h5-6H,2-4H2,1H3. The van der Waals surface area contributed by atoms with Gasteiger partial charge < -0.3 is 4.74 Å². The van der Waals surface area contributed by atoms with Gasteiger partial charge in [0.25, 0.3) is 0 Å². The quantitative estimate of drug-likeness (QED) is 0.372. The number of carbonyl (C=O) groups is 1. The molecule has 0 aliphatic heterocycles. The molecule has 94 valence electrons. The maximum atomic E-state index is 12.1. The molecule has 0 spiro atoms. The van der Waals surface area contributed by atoms with E-state index in [-0.39, 0.29) is 6.61 Å². The minimum atomic E-state index is -1.30. The van der Waals surface area contributed by atoms with Crippen molar-refractivity contribution < 1.29 is 9.53 Å². The summed E-state index contributed by atoms with van der Waals surface area (Å²) in [6.07, 6.45) is 2.62. The summed E-state index contributed by atoms with van der Waals surface area (Å²) in [4.78, 5) is 19.1. The molecule has 1 aliphatic rings. The molecule has 18 heavy (non-hydrogen) atoms. The monoisotopic (exact) mass is 310 g/mol. The first-order chi connectivity index (χ1) is 8.64. The van der Waals surface area contributed by atoms with Crippen molar-refractivity contribution in [1.82, 2.24) is 4.98 Å². The number of azide groups is 1. The number of aryl methyl sites for hydroxylation is 1. The van der Waals surface area contributed by atoms with E-state index < -0.39 is 11.5 Å². The summed E-state index contributed by atoms with van der Waals surface area (Å²) in [5.74, 6) is -0.531. The van der Waals surface area contributed by atoms with Gasteiger partial charge in [-0.2, -0.15) is 0 Å². The summed E-state index contributed by atoms with van der Waals surface area (Å²) in [5, 5.41) is 3.67. The number of halogens is 1. The van der Waals surface area contributed by atoms with Crippen LogP contribution in [-0.2, 0) is 21.5 Å². The number of aromatic nitrogens is 1. The Balaban J connectivity index is 2.53. The molecule has 1 aromatic rings. The van der Waals surface area contributed by atoms with Crippen molar-refractivity contribution in [2.45, 2.75) is 25.3 Å². The van der Waals surface area contributed by atoms with E-state index >= 15 is 0 Å². The molecule has 0 amide bonds. The average Bonchev–Trinajstić information content (AvgIpc) is 2.69.